The van der Waals surface area contributed by atoms with E-state index in [1.165, 1.54) is 0 Å². The molecule has 116 valence electrons. The van der Waals surface area contributed by atoms with Crippen LogP contribution in [0.25, 0.3) is 0 Å². The van der Waals surface area contributed by atoms with Gasteiger partial charge in [-0.3, -0.25) is 0 Å². The molecule has 6 heteroatoms. The molecule has 2 rings (SSSR count). The van der Waals surface area contributed by atoms with Gasteiger partial charge in [-0.05, 0) is 43.4 Å². The largest absolute Gasteiger partial charge is 0.393 e. The van der Waals surface area contributed by atoms with E-state index in [9.17, 15) is 8.42 Å². The number of hydrogen-bond acceptors (Lipinski definition) is 3. The van der Waals surface area contributed by atoms with Crippen molar-refractivity contribution in [3.63, 3.8) is 0 Å². The minimum Gasteiger partial charge on any atom is -0.393 e. The van der Waals surface area contributed by atoms with Gasteiger partial charge in [0.1, 0.15) is 0 Å². The van der Waals surface area contributed by atoms with Crippen LogP contribution in [0.1, 0.15) is 32.3 Å². The fourth-order valence-electron chi connectivity index (χ4n) is 2.70. The van der Waals surface area contributed by atoms with Crippen LogP contribution in [0.5, 0.6) is 0 Å². The predicted molar refractivity (Wildman–Crippen MR) is 88.7 cm³/mol. The quantitative estimate of drug-likeness (QED) is 0.863. The highest BCUT2D eigenvalue weighted by Crippen LogP contribution is 2.27. The molecule has 0 radical (unpaired) electrons. The van der Waals surface area contributed by atoms with Crippen molar-refractivity contribution in [2.75, 3.05) is 6.54 Å². The number of sulfonamides is 1. The maximum Gasteiger partial charge on any atom is 0.243 e. The molecular formula is C15H22N2O2S2. The topological polar surface area (TPSA) is 63.4 Å². The summed E-state index contributed by atoms with van der Waals surface area (Å²) in [4.78, 5) is 0.749. The fraction of sp³-hybridized carbons (Fsp3) is 0.533. The monoisotopic (exact) mass is 326 g/mol. The van der Waals surface area contributed by atoms with Gasteiger partial charge in [0.15, 0.2) is 0 Å². The molecule has 0 aromatic heterocycles. The van der Waals surface area contributed by atoms with Gasteiger partial charge in [-0.2, -0.15) is 4.31 Å². The molecule has 1 aromatic carbocycles. The highest BCUT2D eigenvalue weighted by atomic mass is 32.2. The first-order valence-corrected chi connectivity index (χ1v) is 9.04. The Bertz CT molecular complexity index is 611. The smallest absolute Gasteiger partial charge is 0.243 e. The van der Waals surface area contributed by atoms with Gasteiger partial charge < -0.3 is 5.73 Å². The Morgan fingerprint density at radius 3 is 2.48 bits per heavy atom. The molecule has 1 saturated heterocycles. The van der Waals surface area contributed by atoms with Gasteiger partial charge in [-0.1, -0.05) is 31.3 Å². The molecular weight excluding hydrogens is 304 g/mol. The summed E-state index contributed by atoms with van der Waals surface area (Å²) in [6.45, 7) is 4.67. The molecule has 2 atom stereocenters. The molecule has 0 amide bonds. The number of benzene rings is 1. The average molecular weight is 326 g/mol. The summed E-state index contributed by atoms with van der Waals surface area (Å²) >= 11 is 4.87. The number of nitrogens with two attached hydrogens (primary N) is 1. The van der Waals surface area contributed by atoms with Gasteiger partial charge in [0.2, 0.25) is 10.0 Å². The van der Waals surface area contributed by atoms with Crippen molar-refractivity contribution in [1.82, 2.24) is 4.31 Å². The van der Waals surface area contributed by atoms with Crippen LogP contribution >= 0.6 is 12.2 Å². The third-order valence-electron chi connectivity index (χ3n) is 3.97. The minimum atomic E-state index is -3.42. The number of rotatable bonds is 4. The number of thiocarbonyl (C=S) groups is 1. The third kappa shape index (κ3) is 3.81. The van der Waals surface area contributed by atoms with Crippen molar-refractivity contribution >= 4 is 27.2 Å². The van der Waals surface area contributed by atoms with Crippen LogP contribution in [-0.2, 0) is 16.4 Å². The zero-order chi connectivity index (χ0) is 15.6. The molecule has 1 fully saturated rings. The molecule has 0 bridgehead atoms. The molecule has 4 nitrogen and oxygen atoms in total. The molecule has 0 aliphatic carbocycles. The number of nitrogens with zero attached hydrogens (tertiary/aromatic N) is 1. The second kappa shape index (κ2) is 6.42. The summed E-state index contributed by atoms with van der Waals surface area (Å²) in [5.74, 6) is 0.407. The van der Waals surface area contributed by atoms with Crippen molar-refractivity contribution in [2.45, 2.75) is 44.0 Å². The third-order valence-corrected chi connectivity index (χ3v) is 6.11. The van der Waals surface area contributed by atoms with Crippen LogP contribution in [0, 0.1) is 5.92 Å². The highest BCUT2D eigenvalue weighted by molar-refractivity contribution is 7.89. The zero-order valence-corrected chi connectivity index (χ0v) is 14.1. The Kier molecular flexibility index (Phi) is 5.01. The van der Waals surface area contributed by atoms with Crippen LogP contribution < -0.4 is 5.73 Å². The Hall–Kier alpha value is -0.980. The second-order valence-corrected chi connectivity index (χ2v) is 8.31. The lowest BCUT2D eigenvalue weighted by molar-refractivity contribution is 0.218. The molecule has 1 aromatic rings. The van der Waals surface area contributed by atoms with E-state index in [4.69, 9.17) is 18.0 Å². The fourth-order valence-corrected chi connectivity index (χ4v) is 4.65. The normalized spacial score (nSPS) is 23.9. The summed E-state index contributed by atoms with van der Waals surface area (Å²) in [6.07, 6.45) is 2.49. The lowest BCUT2D eigenvalue weighted by atomic mass is 9.97. The first kappa shape index (κ1) is 16.4. The average Bonchev–Trinajstić information content (AvgIpc) is 2.41. The van der Waals surface area contributed by atoms with E-state index in [1.54, 1.807) is 28.6 Å². The summed E-state index contributed by atoms with van der Waals surface area (Å²) in [5.41, 5.74) is 6.44. The molecule has 1 aliphatic heterocycles. The molecule has 21 heavy (non-hydrogen) atoms. The second-order valence-electron chi connectivity index (χ2n) is 5.89. The van der Waals surface area contributed by atoms with E-state index in [0.29, 0.717) is 28.8 Å². The number of hydrogen-bond donors (Lipinski definition) is 1. The Morgan fingerprint density at radius 2 is 1.90 bits per heavy atom. The molecule has 0 saturated carbocycles. The van der Waals surface area contributed by atoms with Gasteiger partial charge in [0, 0.05) is 19.0 Å². The summed E-state index contributed by atoms with van der Waals surface area (Å²) in [5, 5.41) is 0. The van der Waals surface area contributed by atoms with E-state index < -0.39 is 10.0 Å². The maximum atomic E-state index is 12.8. The summed E-state index contributed by atoms with van der Waals surface area (Å²) in [7, 11) is -3.42. The van der Waals surface area contributed by atoms with Gasteiger partial charge in [-0.25, -0.2) is 8.42 Å². The highest BCUT2D eigenvalue weighted by Gasteiger charge is 2.33. The van der Waals surface area contributed by atoms with Crippen molar-refractivity contribution < 1.29 is 8.42 Å². The molecule has 1 aliphatic rings. The van der Waals surface area contributed by atoms with Crippen LogP contribution in [0.15, 0.2) is 29.2 Å². The Morgan fingerprint density at radius 1 is 1.29 bits per heavy atom. The van der Waals surface area contributed by atoms with Gasteiger partial charge in [0.25, 0.3) is 0 Å². The standard InChI is InChI=1S/C15H22N2O2S2/c1-11-3-4-12(2)17(10-11)21(18,19)14-7-5-13(6-8-14)9-15(16)20/h5-8,11-12H,3-4,9-10H2,1-2H3,(H2,16,20). The summed E-state index contributed by atoms with van der Waals surface area (Å²) in [6, 6.07) is 6.92. The van der Waals surface area contributed by atoms with Crippen molar-refractivity contribution in [1.29, 1.82) is 0 Å². The van der Waals surface area contributed by atoms with E-state index in [-0.39, 0.29) is 6.04 Å². The van der Waals surface area contributed by atoms with Crippen LogP contribution in [-0.4, -0.2) is 30.3 Å². The zero-order valence-electron chi connectivity index (χ0n) is 12.5. The Labute approximate surface area is 132 Å². The molecule has 2 N–H and O–H groups in total. The predicted octanol–water partition coefficient (Wildman–Crippen LogP) is 2.32. The van der Waals surface area contributed by atoms with Crippen LogP contribution in [0.3, 0.4) is 0 Å². The van der Waals surface area contributed by atoms with Crippen LogP contribution in [0.2, 0.25) is 0 Å². The lowest BCUT2D eigenvalue weighted by Crippen LogP contribution is -2.44. The van der Waals surface area contributed by atoms with E-state index in [0.717, 1.165) is 18.4 Å². The molecule has 0 spiro atoms. The molecule has 2 unspecified atom stereocenters. The summed E-state index contributed by atoms with van der Waals surface area (Å²) < 4.78 is 27.1. The van der Waals surface area contributed by atoms with E-state index in [2.05, 4.69) is 6.92 Å². The van der Waals surface area contributed by atoms with Crippen molar-refractivity contribution in [3.8, 4) is 0 Å². The van der Waals surface area contributed by atoms with Crippen molar-refractivity contribution in [2.24, 2.45) is 11.7 Å². The maximum absolute atomic E-state index is 12.8. The lowest BCUT2D eigenvalue weighted by Gasteiger charge is -2.35. The van der Waals surface area contributed by atoms with E-state index in [1.807, 2.05) is 6.92 Å². The Balaban J connectivity index is 2.24. The van der Waals surface area contributed by atoms with Crippen molar-refractivity contribution in [3.05, 3.63) is 29.8 Å². The number of piperidine rings is 1. The SMILES string of the molecule is CC1CCC(C)N(S(=O)(=O)c2ccc(CC(N)=S)cc2)C1. The molecule has 1 heterocycles. The van der Waals surface area contributed by atoms with Gasteiger partial charge in [0.05, 0.1) is 9.88 Å². The van der Waals surface area contributed by atoms with E-state index >= 15 is 0 Å². The first-order valence-electron chi connectivity index (χ1n) is 7.20. The minimum absolute atomic E-state index is 0.0579. The van der Waals surface area contributed by atoms with Gasteiger partial charge >= 0.3 is 0 Å². The first-order chi connectivity index (χ1) is 9.80. The van der Waals surface area contributed by atoms with Gasteiger partial charge in [-0.15, -0.1) is 0 Å². The van der Waals surface area contributed by atoms with Crippen LogP contribution in [0.4, 0.5) is 0 Å².